The summed E-state index contributed by atoms with van der Waals surface area (Å²) in [6, 6.07) is 8.94. The molecule has 5 nitrogen and oxygen atoms in total. The molecule has 0 spiro atoms. The molecule has 0 amide bonds. The molecular formula is C20H35IN4O. The van der Waals surface area contributed by atoms with Crippen LogP contribution in [-0.4, -0.2) is 50.8 Å². The Morgan fingerprint density at radius 3 is 2.42 bits per heavy atom. The van der Waals surface area contributed by atoms with E-state index in [1.807, 2.05) is 6.92 Å². The van der Waals surface area contributed by atoms with Crippen LogP contribution in [0.1, 0.15) is 43.7 Å². The van der Waals surface area contributed by atoms with Gasteiger partial charge in [0.1, 0.15) is 0 Å². The highest BCUT2D eigenvalue weighted by Crippen LogP contribution is 2.13. The number of halogens is 1. The van der Waals surface area contributed by atoms with Gasteiger partial charge in [-0.3, -0.25) is 9.89 Å². The van der Waals surface area contributed by atoms with Gasteiger partial charge in [-0.15, -0.1) is 24.0 Å². The number of piperidine rings is 1. The summed E-state index contributed by atoms with van der Waals surface area (Å²) >= 11 is 0. The highest BCUT2D eigenvalue weighted by Gasteiger charge is 2.10. The van der Waals surface area contributed by atoms with Crippen molar-refractivity contribution >= 4 is 29.9 Å². The first-order chi connectivity index (χ1) is 12.3. The van der Waals surface area contributed by atoms with Gasteiger partial charge < -0.3 is 15.4 Å². The van der Waals surface area contributed by atoms with E-state index in [1.54, 1.807) is 7.05 Å². The van der Waals surface area contributed by atoms with E-state index in [4.69, 9.17) is 4.74 Å². The molecule has 26 heavy (non-hydrogen) atoms. The van der Waals surface area contributed by atoms with Crippen LogP contribution in [0.3, 0.4) is 0 Å². The number of likely N-dealkylation sites (tertiary alicyclic amines) is 1. The van der Waals surface area contributed by atoms with Crippen LogP contribution in [0.5, 0.6) is 0 Å². The Kier molecular flexibility index (Phi) is 12.7. The van der Waals surface area contributed by atoms with Gasteiger partial charge in [0.25, 0.3) is 0 Å². The molecule has 6 heteroatoms. The number of aliphatic imine (C=N–C) groups is 1. The molecule has 1 aromatic carbocycles. The van der Waals surface area contributed by atoms with E-state index in [1.165, 1.54) is 43.5 Å². The molecule has 0 atom stereocenters. The molecule has 1 aliphatic rings. The maximum absolute atomic E-state index is 5.34. The zero-order valence-corrected chi connectivity index (χ0v) is 18.6. The third-order valence-corrected chi connectivity index (χ3v) is 4.52. The molecule has 2 N–H and O–H groups in total. The SMILES string of the molecule is CCOCCCNC(=NC)NCc1ccc(CN2CCCCC2)cc1.I. The number of benzene rings is 1. The van der Waals surface area contributed by atoms with Crippen molar-refractivity contribution in [2.24, 2.45) is 4.99 Å². The van der Waals surface area contributed by atoms with Crippen molar-refractivity contribution in [3.63, 3.8) is 0 Å². The third kappa shape index (κ3) is 9.19. The Morgan fingerprint density at radius 2 is 1.77 bits per heavy atom. The Morgan fingerprint density at radius 1 is 1.08 bits per heavy atom. The standard InChI is InChI=1S/C20H34N4O.HI/c1-3-25-15-7-12-22-20(21-2)23-16-18-8-10-19(11-9-18)17-24-13-5-4-6-14-24;/h8-11H,3-7,12-17H2,1-2H3,(H2,21,22,23);1H. The molecule has 0 aromatic heterocycles. The van der Waals surface area contributed by atoms with Crippen molar-refractivity contribution in [2.75, 3.05) is 39.9 Å². The maximum Gasteiger partial charge on any atom is 0.191 e. The number of hydrogen-bond acceptors (Lipinski definition) is 3. The van der Waals surface area contributed by atoms with Crippen LogP contribution in [0.4, 0.5) is 0 Å². The molecule has 2 rings (SSSR count). The number of hydrogen-bond donors (Lipinski definition) is 2. The van der Waals surface area contributed by atoms with Crippen LogP contribution in [0.2, 0.25) is 0 Å². The topological polar surface area (TPSA) is 48.9 Å². The van der Waals surface area contributed by atoms with Crippen molar-refractivity contribution in [1.82, 2.24) is 15.5 Å². The second kappa shape index (κ2) is 14.2. The zero-order valence-electron chi connectivity index (χ0n) is 16.3. The summed E-state index contributed by atoms with van der Waals surface area (Å²) in [4.78, 5) is 6.82. The Hall–Kier alpha value is -0.860. The minimum Gasteiger partial charge on any atom is -0.382 e. The van der Waals surface area contributed by atoms with Gasteiger partial charge in [0.15, 0.2) is 5.96 Å². The van der Waals surface area contributed by atoms with Crippen molar-refractivity contribution in [1.29, 1.82) is 0 Å². The van der Waals surface area contributed by atoms with Gasteiger partial charge in [0.05, 0.1) is 0 Å². The second-order valence-corrected chi connectivity index (χ2v) is 6.56. The lowest BCUT2D eigenvalue weighted by Gasteiger charge is -2.26. The number of rotatable bonds is 9. The van der Waals surface area contributed by atoms with Gasteiger partial charge >= 0.3 is 0 Å². The summed E-state index contributed by atoms with van der Waals surface area (Å²) in [6.07, 6.45) is 5.07. The molecule has 0 saturated carbocycles. The van der Waals surface area contributed by atoms with E-state index in [0.29, 0.717) is 0 Å². The van der Waals surface area contributed by atoms with Crippen LogP contribution in [0, 0.1) is 0 Å². The average Bonchev–Trinajstić information content (AvgIpc) is 2.66. The predicted octanol–water partition coefficient (Wildman–Crippen LogP) is 3.38. The van der Waals surface area contributed by atoms with Crippen LogP contribution < -0.4 is 10.6 Å². The van der Waals surface area contributed by atoms with Crippen molar-refractivity contribution in [3.8, 4) is 0 Å². The summed E-state index contributed by atoms with van der Waals surface area (Å²) in [6.45, 7) is 8.81. The van der Waals surface area contributed by atoms with Crippen molar-refractivity contribution in [3.05, 3.63) is 35.4 Å². The van der Waals surface area contributed by atoms with Crippen LogP contribution in [0.15, 0.2) is 29.3 Å². The molecule has 0 radical (unpaired) electrons. The van der Waals surface area contributed by atoms with Gasteiger partial charge in [0.2, 0.25) is 0 Å². The summed E-state index contributed by atoms with van der Waals surface area (Å²) in [5, 5.41) is 6.68. The molecule has 0 aliphatic carbocycles. The molecule has 0 bridgehead atoms. The van der Waals surface area contributed by atoms with E-state index in [9.17, 15) is 0 Å². The first-order valence-electron chi connectivity index (χ1n) is 9.64. The van der Waals surface area contributed by atoms with E-state index in [0.717, 1.165) is 45.2 Å². The van der Waals surface area contributed by atoms with Gasteiger partial charge in [-0.05, 0) is 50.4 Å². The number of ether oxygens (including phenoxy) is 1. The van der Waals surface area contributed by atoms with Crippen LogP contribution in [-0.2, 0) is 17.8 Å². The number of nitrogens with zero attached hydrogens (tertiary/aromatic N) is 2. The second-order valence-electron chi connectivity index (χ2n) is 6.56. The smallest absolute Gasteiger partial charge is 0.191 e. The Balaban J connectivity index is 0.00000338. The number of nitrogens with one attached hydrogen (secondary N) is 2. The van der Waals surface area contributed by atoms with Crippen molar-refractivity contribution in [2.45, 2.75) is 45.7 Å². The largest absolute Gasteiger partial charge is 0.382 e. The van der Waals surface area contributed by atoms with E-state index in [-0.39, 0.29) is 24.0 Å². The van der Waals surface area contributed by atoms with Crippen LogP contribution in [0.25, 0.3) is 0 Å². The minimum absolute atomic E-state index is 0. The monoisotopic (exact) mass is 474 g/mol. The summed E-state index contributed by atoms with van der Waals surface area (Å²) < 4.78 is 5.34. The fourth-order valence-corrected chi connectivity index (χ4v) is 3.07. The highest BCUT2D eigenvalue weighted by atomic mass is 127. The quantitative estimate of drug-likeness (QED) is 0.250. The molecule has 148 valence electrons. The summed E-state index contributed by atoms with van der Waals surface area (Å²) in [5.41, 5.74) is 2.68. The molecule has 1 heterocycles. The summed E-state index contributed by atoms with van der Waals surface area (Å²) in [5.74, 6) is 0.842. The van der Waals surface area contributed by atoms with E-state index in [2.05, 4.69) is 44.8 Å². The zero-order chi connectivity index (χ0) is 17.7. The first-order valence-corrected chi connectivity index (χ1v) is 9.64. The molecular weight excluding hydrogens is 439 g/mol. The van der Waals surface area contributed by atoms with Gasteiger partial charge in [-0.2, -0.15) is 0 Å². The molecule has 1 aliphatic heterocycles. The summed E-state index contributed by atoms with van der Waals surface area (Å²) in [7, 11) is 1.81. The van der Waals surface area contributed by atoms with Crippen LogP contribution >= 0.6 is 24.0 Å². The first kappa shape index (κ1) is 23.2. The minimum atomic E-state index is 0. The Labute approximate surface area is 176 Å². The Bertz CT molecular complexity index is 501. The fourth-order valence-electron chi connectivity index (χ4n) is 3.07. The molecule has 1 saturated heterocycles. The predicted molar refractivity (Wildman–Crippen MR) is 120 cm³/mol. The molecule has 0 unspecified atom stereocenters. The lowest BCUT2D eigenvalue weighted by molar-refractivity contribution is 0.145. The molecule has 1 fully saturated rings. The van der Waals surface area contributed by atoms with Gasteiger partial charge in [-0.25, -0.2) is 0 Å². The van der Waals surface area contributed by atoms with E-state index < -0.39 is 0 Å². The number of guanidine groups is 1. The maximum atomic E-state index is 5.34. The van der Waals surface area contributed by atoms with Crippen molar-refractivity contribution < 1.29 is 4.74 Å². The normalized spacial score (nSPS) is 15.4. The molecule has 1 aromatic rings. The third-order valence-electron chi connectivity index (χ3n) is 4.52. The lowest BCUT2D eigenvalue weighted by Crippen LogP contribution is -2.37. The van der Waals surface area contributed by atoms with Gasteiger partial charge in [0, 0.05) is 39.9 Å². The van der Waals surface area contributed by atoms with E-state index >= 15 is 0 Å². The van der Waals surface area contributed by atoms with Gasteiger partial charge in [-0.1, -0.05) is 30.7 Å². The lowest BCUT2D eigenvalue weighted by atomic mass is 10.1. The highest BCUT2D eigenvalue weighted by molar-refractivity contribution is 14.0. The fraction of sp³-hybridized carbons (Fsp3) is 0.650. The average molecular weight is 474 g/mol.